The molecule has 2 atom stereocenters. The lowest BCUT2D eigenvalue weighted by molar-refractivity contribution is -0.131. The number of rotatable bonds is 9. The van der Waals surface area contributed by atoms with Gasteiger partial charge in [-0.25, -0.2) is 0 Å². The van der Waals surface area contributed by atoms with E-state index in [4.69, 9.17) is 0 Å². The Morgan fingerprint density at radius 3 is 2.49 bits per heavy atom. The van der Waals surface area contributed by atoms with Crippen molar-refractivity contribution in [2.24, 2.45) is 0 Å². The van der Waals surface area contributed by atoms with Crippen molar-refractivity contribution < 1.29 is 20.1 Å². The summed E-state index contributed by atoms with van der Waals surface area (Å²) in [4.78, 5) is 14.8. The van der Waals surface area contributed by atoms with Crippen molar-refractivity contribution in [3.05, 3.63) is 100 Å². The number of hydrogen-bond acceptors (Lipinski definition) is 5. The van der Waals surface area contributed by atoms with Gasteiger partial charge < -0.3 is 25.5 Å². The van der Waals surface area contributed by atoms with E-state index in [1.807, 2.05) is 23.1 Å². The Morgan fingerprint density at radius 1 is 1.03 bits per heavy atom. The van der Waals surface area contributed by atoms with Crippen LogP contribution >= 0.6 is 0 Å². The van der Waals surface area contributed by atoms with Gasteiger partial charge in [0, 0.05) is 31.2 Å². The highest BCUT2D eigenvalue weighted by molar-refractivity contribution is 5.79. The smallest absolute Gasteiger partial charge is 0.227 e. The Balaban J connectivity index is 1.25. The van der Waals surface area contributed by atoms with Gasteiger partial charge in [-0.1, -0.05) is 54.6 Å². The highest BCUT2D eigenvalue weighted by Crippen LogP contribution is 2.23. The van der Waals surface area contributed by atoms with E-state index in [1.54, 1.807) is 12.1 Å². The zero-order valence-electron chi connectivity index (χ0n) is 20.2. The third-order valence-electron chi connectivity index (χ3n) is 6.72. The number of nitrogens with zero attached hydrogens (tertiary/aromatic N) is 1. The third-order valence-corrected chi connectivity index (χ3v) is 6.72. The maximum absolute atomic E-state index is 12.8. The fourth-order valence-corrected chi connectivity index (χ4v) is 4.58. The molecule has 0 fully saturated rings. The van der Waals surface area contributed by atoms with Gasteiger partial charge in [0.25, 0.3) is 0 Å². The van der Waals surface area contributed by atoms with Gasteiger partial charge in [-0.05, 0) is 59.7 Å². The number of aliphatic hydroxyl groups excluding tert-OH is 2. The highest BCUT2D eigenvalue weighted by atomic mass is 16.3. The number of phenols is 1. The molecule has 1 aliphatic heterocycles. The number of carbonyl (C=O) groups is 1. The molecule has 184 valence electrons. The molecule has 1 aliphatic rings. The highest BCUT2D eigenvalue weighted by Gasteiger charge is 2.20. The molecular formula is C29H34N2O4. The van der Waals surface area contributed by atoms with Crippen molar-refractivity contribution in [1.82, 2.24) is 10.2 Å². The van der Waals surface area contributed by atoms with Crippen LogP contribution < -0.4 is 5.32 Å². The maximum atomic E-state index is 12.8. The van der Waals surface area contributed by atoms with E-state index < -0.39 is 6.10 Å². The normalized spacial score (nSPS) is 14.9. The monoisotopic (exact) mass is 474 g/mol. The lowest BCUT2D eigenvalue weighted by Gasteiger charge is -2.29. The van der Waals surface area contributed by atoms with Gasteiger partial charge in [-0.3, -0.25) is 4.79 Å². The number of benzene rings is 3. The fraction of sp³-hybridized carbons (Fsp3) is 0.345. The van der Waals surface area contributed by atoms with Crippen LogP contribution in [0.15, 0.2) is 66.7 Å². The Labute approximate surface area is 206 Å². The van der Waals surface area contributed by atoms with Crippen LogP contribution in [-0.2, 0) is 37.2 Å². The molecule has 6 heteroatoms. The SMILES string of the molecule is C[C@H](Cc1ccc(CC(=O)N2CCc3ccccc3C2)cc1)NC[C@H](O)c1ccc(O)c(CO)c1. The first-order valence-electron chi connectivity index (χ1n) is 12.2. The van der Waals surface area contributed by atoms with Crippen LogP contribution in [0.4, 0.5) is 0 Å². The molecule has 0 spiro atoms. The van der Waals surface area contributed by atoms with Gasteiger partial charge in [-0.15, -0.1) is 0 Å². The summed E-state index contributed by atoms with van der Waals surface area (Å²) < 4.78 is 0. The number of aromatic hydroxyl groups is 1. The minimum Gasteiger partial charge on any atom is -0.508 e. The van der Waals surface area contributed by atoms with Crippen LogP contribution in [-0.4, -0.2) is 45.3 Å². The van der Waals surface area contributed by atoms with Gasteiger partial charge >= 0.3 is 0 Å². The van der Waals surface area contributed by atoms with Crippen molar-refractivity contribution in [2.45, 2.75) is 51.5 Å². The summed E-state index contributed by atoms with van der Waals surface area (Å²) in [5.74, 6) is 0.186. The van der Waals surface area contributed by atoms with Gasteiger partial charge in [0.05, 0.1) is 19.1 Å². The van der Waals surface area contributed by atoms with E-state index in [1.165, 1.54) is 17.2 Å². The second-order valence-electron chi connectivity index (χ2n) is 9.40. The number of carbonyl (C=O) groups excluding carboxylic acids is 1. The number of nitrogens with one attached hydrogen (secondary N) is 1. The van der Waals surface area contributed by atoms with Gasteiger partial charge in [-0.2, -0.15) is 0 Å². The molecular weight excluding hydrogens is 440 g/mol. The summed E-state index contributed by atoms with van der Waals surface area (Å²) in [5, 5.41) is 32.8. The zero-order valence-corrected chi connectivity index (χ0v) is 20.2. The molecule has 0 radical (unpaired) electrons. The molecule has 1 heterocycles. The summed E-state index contributed by atoms with van der Waals surface area (Å²) in [7, 11) is 0. The van der Waals surface area contributed by atoms with Gasteiger partial charge in [0.15, 0.2) is 0 Å². The minimum atomic E-state index is -0.738. The number of amides is 1. The molecule has 4 N–H and O–H groups in total. The Kier molecular flexibility index (Phi) is 8.18. The average Bonchev–Trinajstić information content (AvgIpc) is 2.88. The quantitative estimate of drug-likeness (QED) is 0.382. The largest absolute Gasteiger partial charge is 0.508 e. The molecule has 4 rings (SSSR count). The third kappa shape index (κ3) is 6.48. The van der Waals surface area contributed by atoms with E-state index in [0.717, 1.165) is 30.5 Å². The fourth-order valence-electron chi connectivity index (χ4n) is 4.58. The van der Waals surface area contributed by atoms with E-state index in [-0.39, 0.29) is 24.3 Å². The van der Waals surface area contributed by atoms with Crippen molar-refractivity contribution in [1.29, 1.82) is 0 Å². The molecule has 3 aromatic carbocycles. The molecule has 3 aromatic rings. The number of hydrogen-bond donors (Lipinski definition) is 4. The molecule has 6 nitrogen and oxygen atoms in total. The van der Waals surface area contributed by atoms with E-state index in [0.29, 0.717) is 30.6 Å². The van der Waals surface area contributed by atoms with Gasteiger partial charge in [0.2, 0.25) is 5.91 Å². The van der Waals surface area contributed by atoms with E-state index in [9.17, 15) is 20.1 Å². The Morgan fingerprint density at radius 2 is 1.74 bits per heavy atom. The molecule has 0 saturated heterocycles. The predicted molar refractivity (Wildman–Crippen MR) is 136 cm³/mol. The first-order chi connectivity index (χ1) is 16.9. The molecule has 0 aromatic heterocycles. The Hall–Kier alpha value is -3.19. The second-order valence-corrected chi connectivity index (χ2v) is 9.40. The van der Waals surface area contributed by atoms with E-state index >= 15 is 0 Å². The van der Waals surface area contributed by atoms with Crippen LogP contribution in [0.2, 0.25) is 0 Å². The lowest BCUT2D eigenvalue weighted by Crippen LogP contribution is -2.36. The minimum absolute atomic E-state index is 0.0242. The zero-order chi connectivity index (χ0) is 24.8. The summed E-state index contributed by atoms with van der Waals surface area (Å²) in [6, 6.07) is 21.4. The average molecular weight is 475 g/mol. The topological polar surface area (TPSA) is 93.0 Å². The molecule has 0 bridgehead atoms. The lowest BCUT2D eigenvalue weighted by atomic mass is 9.99. The van der Waals surface area contributed by atoms with Crippen LogP contribution in [0.5, 0.6) is 5.75 Å². The standard InChI is InChI=1S/C29H34N2O4/c1-20(30-17-28(34)24-10-11-27(33)26(16-24)19-32)14-21-6-8-22(9-7-21)15-29(35)31-13-12-23-4-2-3-5-25(23)18-31/h2-11,16,20,28,30,32-34H,12-15,17-19H2,1H3/t20-,28+/m1/s1. The molecule has 0 aliphatic carbocycles. The maximum Gasteiger partial charge on any atom is 0.227 e. The second kappa shape index (κ2) is 11.5. The van der Waals surface area contributed by atoms with Gasteiger partial charge in [0.1, 0.15) is 5.75 Å². The first kappa shape index (κ1) is 24.9. The molecule has 1 amide bonds. The van der Waals surface area contributed by atoms with E-state index in [2.05, 4.69) is 42.6 Å². The Bertz CT molecular complexity index is 1150. The van der Waals surface area contributed by atoms with Crippen LogP contribution in [0.25, 0.3) is 0 Å². The summed E-state index contributed by atoms with van der Waals surface area (Å²) in [6.07, 6.45) is 1.38. The first-order valence-corrected chi connectivity index (χ1v) is 12.2. The molecule has 0 saturated carbocycles. The number of fused-ring (bicyclic) bond motifs is 1. The summed E-state index contributed by atoms with van der Waals surface area (Å²) in [6.45, 7) is 3.61. The van der Waals surface area contributed by atoms with Crippen molar-refractivity contribution >= 4 is 5.91 Å². The predicted octanol–water partition coefficient (Wildman–Crippen LogP) is 3.27. The molecule has 0 unspecified atom stereocenters. The van der Waals surface area contributed by atoms with Crippen LogP contribution in [0.1, 0.15) is 46.4 Å². The van der Waals surface area contributed by atoms with Crippen molar-refractivity contribution in [3.8, 4) is 5.75 Å². The van der Waals surface area contributed by atoms with Crippen LogP contribution in [0.3, 0.4) is 0 Å². The summed E-state index contributed by atoms with van der Waals surface area (Å²) in [5.41, 5.74) is 5.81. The molecule has 35 heavy (non-hydrogen) atoms. The van der Waals surface area contributed by atoms with Crippen LogP contribution in [0, 0.1) is 0 Å². The van der Waals surface area contributed by atoms with Crippen molar-refractivity contribution in [2.75, 3.05) is 13.1 Å². The van der Waals surface area contributed by atoms with Crippen molar-refractivity contribution in [3.63, 3.8) is 0 Å². The summed E-state index contributed by atoms with van der Waals surface area (Å²) >= 11 is 0. The number of aliphatic hydroxyl groups is 2.